The minimum Gasteiger partial charge on any atom is -0.429 e. The number of aryl methyl sites for hydroxylation is 1. The van der Waals surface area contributed by atoms with Crippen molar-refractivity contribution in [3.05, 3.63) is 29.3 Å². The molecule has 0 atom stereocenters. The monoisotopic (exact) mass is 390 g/mol. The molecule has 2 fully saturated rings. The van der Waals surface area contributed by atoms with E-state index in [1.54, 1.807) is 0 Å². The molecule has 1 saturated carbocycles. The minimum absolute atomic E-state index is 0.319. The van der Waals surface area contributed by atoms with Crippen LogP contribution in [-0.2, 0) is 15.9 Å². The fourth-order valence-corrected chi connectivity index (χ4v) is 4.00. The molecule has 7 heteroatoms. The molecule has 1 aromatic rings. The van der Waals surface area contributed by atoms with Crippen LogP contribution in [0, 0.1) is 29.4 Å². The van der Waals surface area contributed by atoms with Crippen molar-refractivity contribution in [2.75, 3.05) is 13.2 Å². The predicted octanol–water partition coefficient (Wildman–Crippen LogP) is 5.31. The Morgan fingerprint density at radius 2 is 1.59 bits per heavy atom. The standard InChI is InChI=1S/C20H26F4O3/c1-12-2-5-14(6-3-12)15-10-25-18(26-11-15)7-4-13-8-16(21)19(17(22)9-13)27-20(23)24/h8-9,12,14-15,18,20H,2-7,10-11H2,1H3. The van der Waals surface area contributed by atoms with Crippen molar-refractivity contribution in [3.63, 3.8) is 0 Å². The first-order valence-corrected chi connectivity index (χ1v) is 9.58. The van der Waals surface area contributed by atoms with E-state index < -0.39 is 30.3 Å². The zero-order valence-corrected chi connectivity index (χ0v) is 15.4. The highest BCUT2D eigenvalue weighted by molar-refractivity contribution is 5.31. The maximum Gasteiger partial charge on any atom is 0.387 e. The second-order valence-corrected chi connectivity index (χ2v) is 7.68. The summed E-state index contributed by atoms with van der Waals surface area (Å²) in [6.07, 6.45) is 5.30. The zero-order valence-electron chi connectivity index (χ0n) is 15.4. The quantitative estimate of drug-likeness (QED) is 0.616. The third kappa shape index (κ3) is 5.57. The van der Waals surface area contributed by atoms with Crippen LogP contribution in [0.3, 0.4) is 0 Å². The van der Waals surface area contributed by atoms with Gasteiger partial charge in [-0.2, -0.15) is 8.78 Å². The fourth-order valence-electron chi connectivity index (χ4n) is 4.00. The first-order chi connectivity index (χ1) is 12.9. The molecule has 1 heterocycles. The molecule has 152 valence electrons. The molecular formula is C20H26F4O3. The van der Waals surface area contributed by atoms with Gasteiger partial charge in [-0.25, -0.2) is 8.78 Å². The molecule has 0 spiro atoms. The molecule has 1 aliphatic heterocycles. The molecule has 0 radical (unpaired) electrons. The Kier molecular flexibility index (Phi) is 6.98. The summed E-state index contributed by atoms with van der Waals surface area (Å²) in [6.45, 7) is 0.309. The number of rotatable bonds is 6. The van der Waals surface area contributed by atoms with Gasteiger partial charge in [-0.05, 0) is 48.8 Å². The summed E-state index contributed by atoms with van der Waals surface area (Å²) in [4.78, 5) is 0. The molecule has 0 bridgehead atoms. The van der Waals surface area contributed by atoms with Gasteiger partial charge in [-0.1, -0.05) is 19.8 Å². The predicted molar refractivity (Wildman–Crippen MR) is 91.6 cm³/mol. The third-order valence-corrected chi connectivity index (χ3v) is 5.65. The number of halogens is 4. The Labute approximate surface area is 157 Å². The highest BCUT2D eigenvalue weighted by Gasteiger charge is 2.31. The van der Waals surface area contributed by atoms with Gasteiger partial charge in [0.25, 0.3) is 0 Å². The lowest BCUT2D eigenvalue weighted by Crippen LogP contribution is -2.37. The molecule has 2 aliphatic rings. The van der Waals surface area contributed by atoms with E-state index in [9.17, 15) is 17.6 Å². The summed E-state index contributed by atoms with van der Waals surface area (Å²) < 4.78 is 67.3. The van der Waals surface area contributed by atoms with E-state index >= 15 is 0 Å². The number of hydrogen-bond donors (Lipinski definition) is 0. The second-order valence-electron chi connectivity index (χ2n) is 7.68. The van der Waals surface area contributed by atoms with Crippen LogP contribution in [0.2, 0.25) is 0 Å². The topological polar surface area (TPSA) is 27.7 Å². The molecule has 1 aliphatic carbocycles. The van der Waals surface area contributed by atoms with Gasteiger partial charge in [0.05, 0.1) is 13.2 Å². The van der Waals surface area contributed by atoms with Crippen molar-refractivity contribution in [3.8, 4) is 5.75 Å². The highest BCUT2D eigenvalue weighted by Crippen LogP contribution is 2.35. The maximum atomic E-state index is 13.8. The molecule has 27 heavy (non-hydrogen) atoms. The van der Waals surface area contributed by atoms with E-state index in [1.165, 1.54) is 25.7 Å². The average Bonchev–Trinajstić information content (AvgIpc) is 2.64. The largest absolute Gasteiger partial charge is 0.429 e. The van der Waals surface area contributed by atoms with Crippen LogP contribution >= 0.6 is 0 Å². The molecule has 0 amide bonds. The zero-order chi connectivity index (χ0) is 19.4. The second kappa shape index (κ2) is 9.24. The van der Waals surface area contributed by atoms with E-state index in [2.05, 4.69) is 11.7 Å². The normalized spacial score (nSPS) is 29.1. The summed E-state index contributed by atoms with van der Waals surface area (Å²) in [5.41, 5.74) is 0.349. The van der Waals surface area contributed by atoms with E-state index in [4.69, 9.17) is 9.47 Å². The van der Waals surface area contributed by atoms with Crippen LogP contribution in [0.4, 0.5) is 17.6 Å². The Morgan fingerprint density at radius 1 is 1.00 bits per heavy atom. The molecule has 0 N–H and O–H groups in total. The Bertz CT molecular complexity index is 586. The first kappa shape index (κ1) is 20.4. The Balaban J connectivity index is 1.46. The van der Waals surface area contributed by atoms with Gasteiger partial charge < -0.3 is 14.2 Å². The summed E-state index contributed by atoms with van der Waals surface area (Å²) in [5, 5.41) is 0. The van der Waals surface area contributed by atoms with Gasteiger partial charge in [0.1, 0.15) is 0 Å². The molecule has 3 nitrogen and oxygen atoms in total. The van der Waals surface area contributed by atoms with Crippen molar-refractivity contribution >= 4 is 0 Å². The molecule has 1 saturated heterocycles. The van der Waals surface area contributed by atoms with E-state index in [1.807, 2.05) is 0 Å². The summed E-state index contributed by atoms with van der Waals surface area (Å²) in [5.74, 6) is -1.46. The molecule has 0 unspecified atom stereocenters. The average molecular weight is 390 g/mol. The highest BCUT2D eigenvalue weighted by atomic mass is 19.3. The molecule has 3 rings (SSSR count). The lowest BCUT2D eigenvalue weighted by atomic mass is 9.76. The van der Waals surface area contributed by atoms with Crippen LogP contribution in [0.15, 0.2) is 12.1 Å². The van der Waals surface area contributed by atoms with Crippen molar-refractivity contribution in [2.24, 2.45) is 17.8 Å². The van der Waals surface area contributed by atoms with Gasteiger partial charge in [0, 0.05) is 12.3 Å². The summed E-state index contributed by atoms with van der Waals surface area (Å²) in [7, 11) is 0. The Hall–Kier alpha value is -1.34. The van der Waals surface area contributed by atoms with E-state index in [0.717, 1.165) is 18.1 Å². The van der Waals surface area contributed by atoms with Crippen LogP contribution in [0.25, 0.3) is 0 Å². The van der Waals surface area contributed by atoms with Crippen molar-refractivity contribution < 1.29 is 31.8 Å². The smallest absolute Gasteiger partial charge is 0.387 e. The number of benzene rings is 1. The minimum atomic E-state index is -3.27. The first-order valence-electron chi connectivity index (χ1n) is 9.58. The molecule has 1 aromatic carbocycles. The molecule has 0 aromatic heterocycles. The van der Waals surface area contributed by atoms with Gasteiger partial charge in [0.2, 0.25) is 0 Å². The SMILES string of the molecule is CC1CCC(C2COC(CCc3cc(F)c(OC(F)F)c(F)c3)OC2)CC1. The number of alkyl halides is 2. The van der Waals surface area contributed by atoms with Crippen LogP contribution < -0.4 is 4.74 Å². The van der Waals surface area contributed by atoms with Crippen molar-refractivity contribution in [2.45, 2.75) is 58.4 Å². The van der Waals surface area contributed by atoms with Crippen LogP contribution in [-0.4, -0.2) is 26.1 Å². The van der Waals surface area contributed by atoms with E-state index in [0.29, 0.717) is 43.5 Å². The van der Waals surface area contributed by atoms with Crippen molar-refractivity contribution in [1.82, 2.24) is 0 Å². The summed E-state index contributed by atoms with van der Waals surface area (Å²) >= 11 is 0. The number of hydrogen-bond acceptors (Lipinski definition) is 3. The van der Waals surface area contributed by atoms with Gasteiger partial charge in [0.15, 0.2) is 23.7 Å². The lowest BCUT2D eigenvalue weighted by molar-refractivity contribution is -0.212. The van der Waals surface area contributed by atoms with Crippen LogP contribution in [0.1, 0.15) is 44.6 Å². The third-order valence-electron chi connectivity index (χ3n) is 5.65. The number of ether oxygens (including phenoxy) is 3. The van der Waals surface area contributed by atoms with Crippen molar-refractivity contribution in [1.29, 1.82) is 0 Å². The van der Waals surface area contributed by atoms with E-state index in [-0.39, 0.29) is 0 Å². The summed E-state index contributed by atoms with van der Waals surface area (Å²) in [6, 6.07) is 2.02. The van der Waals surface area contributed by atoms with Gasteiger partial charge in [-0.15, -0.1) is 0 Å². The fraction of sp³-hybridized carbons (Fsp3) is 0.700. The lowest BCUT2D eigenvalue weighted by Gasteiger charge is -2.37. The molecular weight excluding hydrogens is 364 g/mol. The van der Waals surface area contributed by atoms with Crippen LogP contribution in [0.5, 0.6) is 5.75 Å². The maximum absolute atomic E-state index is 13.8. The van der Waals surface area contributed by atoms with Gasteiger partial charge >= 0.3 is 6.61 Å². The van der Waals surface area contributed by atoms with Gasteiger partial charge in [-0.3, -0.25) is 0 Å². The Morgan fingerprint density at radius 3 is 2.15 bits per heavy atom.